The highest BCUT2D eigenvalue weighted by atomic mass is 15.0. The lowest BCUT2D eigenvalue weighted by Gasteiger charge is -2.27. The van der Waals surface area contributed by atoms with E-state index in [1.807, 2.05) is 0 Å². The fourth-order valence-corrected chi connectivity index (χ4v) is 5.38. The first-order valence-corrected chi connectivity index (χ1v) is 13.2. The molecule has 3 aromatic carbocycles. The summed E-state index contributed by atoms with van der Waals surface area (Å²) in [6.45, 7) is 11.3. The minimum Gasteiger partial charge on any atom is -0.381 e. The Morgan fingerprint density at radius 1 is 0.778 bits per heavy atom. The van der Waals surface area contributed by atoms with Crippen LogP contribution < -0.4 is 10.6 Å². The summed E-state index contributed by atoms with van der Waals surface area (Å²) in [4.78, 5) is 5.26. The van der Waals surface area contributed by atoms with Crippen LogP contribution >= 0.6 is 0 Å². The van der Waals surface area contributed by atoms with Crippen LogP contribution in [0.1, 0.15) is 80.4 Å². The third-order valence-corrected chi connectivity index (χ3v) is 7.20. The molecule has 0 aliphatic carbocycles. The third-order valence-electron chi connectivity index (χ3n) is 7.20. The molecule has 2 atom stereocenters. The summed E-state index contributed by atoms with van der Waals surface area (Å²) in [7, 11) is 0. The second kappa shape index (κ2) is 10.2. The maximum Gasteiger partial charge on any atom is 0.0940 e. The summed E-state index contributed by atoms with van der Waals surface area (Å²) < 4.78 is 0. The number of aromatic nitrogens is 1. The zero-order valence-corrected chi connectivity index (χ0v) is 22.0. The molecule has 184 valence electrons. The molecule has 0 radical (unpaired) electrons. The Labute approximate surface area is 216 Å². The van der Waals surface area contributed by atoms with Crippen molar-refractivity contribution in [2.75, 3.05) is 10.6 Å². The fraction of sp³-hybridized carbons (Fsp3) is 0.303. The molecule has 0 saturated heterocycles. The quantitative estimate of drug-likeness (QED) is 0.281. The second-order valence-electron chi connectivity index (χ2n) is 10.6. The first-order valence-electron chi connectivity index (χ1n) is 13.2. The van der Waals surface area contributed by atoms with Crippen LogP contribution in [0, 0.1) is 0 Å². The first kappa shape index (κ1) is 24.1. The SMILES string of the molecule is CC(C)c1cccc(C(C)C)c1N[C@@H](c1ccccc1)c1cccc(-c2cccc3c2N[C@H](C)C3)n1. The Bertz CT molecular complexity index is 1310. The molecular weight excluding hydrogens is 438 g/mol. The predicted octanol–water partition coefficient (Wildman–Crippen LogP) is 8.55. The van der Waals surface area contributed by atoms with Crippen LogP contribution in [0.5, 0.6) is 0 Å². The molecule has 2 heterocycles. The standard InChI is InChI=1S/C33H37N3/c1-21(2)26-15-10-16-27(22(3)4)33(26)36-32(24-12-7-6-8-13-24)30-19-11-18-29(35-30)28-17-9-14-25-20-23(5)34-31(25)28/h6-19,21-23,32,34,36H,20H2,1-5H3/t23-,32+/m1/s1. The van der Waals surface area contributed by atoms with Gasteiger partial charge in [0.15, 0.2) is 0 Å². The molecule has 5 rings (SSSR count). The average Bonchev–Trinajstić information content (AvgIpc) is 3.27. The summed E-state index contributed by atoms with van der Waals surface area (Å²) in [5, 5.41) is 7.64. The Hall–Kier alpha value is -3.59. The number of pyridine rings is 1. The van der Waals surface area contributed by atoms with Crippen LogP contribution in [0.25, 0.3) is 11.3 Å². The normalized spacial score (nSPS) is 15.6. The van der Waals surface area contributed by atoms with Gasteiger partial charge in [0.25, 0.3) is 0 Å². The van der Waals surface area contributed by atoms with Crippen molar-refractivity contribution >= 4 is 11.4 Å². The van der Waals surface area contributed by atoms with Crippen LogP contribution in [-0.4, -0.2) is 11.0 Å². The van der Waals surface area contributed by atoms with Crippen LogP contribution in [0.2, 0.25) is 0 Å². The number of anilines is 2. The van der Waals surface area contributed by atoms with Gasteiger partial charge in [-0.05, 0) is 59.6 Å². The van der Waals surface area contributed by atoms with Crippen LogP contribution in [0.4, 0.5) is 11.4 Å². The third kappa shape index (κ3) is 4.75. The van der Waals surface area contributed by atoms with Gasteiger partial charge in [-0.15, -0.1) is 0 Å². The fourth-order valence-electron chi connectivity index (χ4n) is 5.38. The van der Waals surface area contributed by atoms with Crippen LogP contribution in [-0.2, 0) is 6.42 Å². The maximum atomic E-state index is 5.26. The molecule has 1 aliphatic heterocycles. The lowest BCUT2D eigenvalue weighted by molar-refractivity contribution is 0.814. The Morgan fingerprint density at radius 3 is 2.14 bits per heavy atom. The molecule has 0 saturated carbocycles. The van der Waals surface area contributed by atoms with Gasteiger partial charge in [-0.25, -0.2) is 0 Å². The molecular formula is C33H37N3. The number of para-hydroxylation sites is 2. The Balaban J connectivity index is 1.62. The molecule has 0 unspecified atom stereocenters. The van der Waals surface area contributed by atoms with Gasteiger partial charge in [0, 0.05) is 23.0 Å². The number of hydrogen-bond acceptors (Lipinski definition) is 3. The molecule has 2 N–H and O–H groups in total. The second-order valence-corrected chi connectivity index (χ2v) is 10.6. The number of nitrogens with zero attached hydrogens (tertiary/aromatic N) is 1. The van der Waals surface area contributed by atoms with Gasteiger partial charge in [-0.2, -0.15) is 0 Å². The molecule has 0 spiro atoms. The van der Waals surface area contributed by atoms with Gasteiger partial charge in [-0.1, -0.05) is 100 Å². The van der Waals surface area contributed by atoms with Crippen LogP contribution in [0.3, 0.4) is 0 Å². The molecule has 36 heavy (non-hydrogen) atoms. The van der Waals surface area contributed by atoms with Crippen molar-refractivity contribution in [2.24, 2.45) is 0 Å². The van der Waals surface area contributed by atoms with E-state index in [4.69, 9.17) is 4.98 Å². The lowest BCUT2D eigenvalue weighted by Crippen LogP contribution is -2.17. The van der Waals surface area contributed by atoms with E-state index in [0.29, 0.717) is 17.9 Å². The van der Waals surface area contributed by atoms with Crippen molar-refractivity contribution in [3.05, 3.63) is 113 Å². The average molecular weight is 476 g/mol. The first-order chi connectivity index (χ1) is 17.4. The summed E-state index contributed by atoms with van der Waals surface area (Å²) >= 11 is 0. The Morgan fingerprint density at radius 2 is 1.44 bits per heavy atom. The molecule has 0 fully saturated rings. The molecule has 0 amide bonds. The van der Waals surface area contributed by atoms with E-state index in [9.17, 15) is 0 Å². The zero-order chi connectivity index (χ0) is 25.2. The Kier molecular flexibility index (Phi) is 6.82. The number of hydrogen-bond donors (Lipinski definition) is 2. The number of nitrogens with one attached hydrogen (secondary N) is 2. The number of rotatable bonds is 7. The smallest absolute Gasteiger partial charge is 0.0940 e. The van der Waals surface area contributed by atoms with Gasteiger partial charge in [0.1, 0.15) is 0 Å². The minimum absolute atomic E-state index is 0.0628. The van der Waals surface area contributed by atoms with E-state index in [1.165, 1.54) is 39.2 Å². The largest absolute Gasteiger partial charge is 0.381 e. The topological polar surface area (TPSA) is 37.0 Å². The van der Waals surface area contributed by atoms with Gasteiger partial charge < -0.3 is 10.6 Å². The van der Waals surface area contributed by atoms with E-state index in [0.717, 1.165) is 17.8 Å². The monoisotopic (exact) mass is 475 g/mol. The van der Waals surface area contributed by atoms with E-state index in [1.54, 1.807) is 0 Å². The highest BCUT2D eigenvalue weighted by Crippen LogP contribution is 2.38. The zero-order valence-electron chi connectivity index (χ0n) is 22.0. The van der Waals surface area contributed by atoms with E-state index >= 15 is 0 Å². The van der Waals surface area contributed by atoms with Crippen LogP contribution in [0.15, 0.2) is 84.9 Å². The molecule has 3 nitrogen and oxygen atoms in total. The van der Waals surface area contributed by atoms with Crippen molar-refractivity contribution in [1.82, 2.24) is 4.98 Å². The van der Waals surface area contributed by atoms with Gasteiger partial charge >= 0.3 is 0 Å². The highest BCUT2D eigenvalue weighted by Gasteiger charge is 2.23. The number of benzene rings is 3. The minimum atomic E-state index is -0.0628. The van der Waals surface area contributed by atoms with E-state index < -0.39 is 0 Å². The van der Waals surface area contributed by atoms with Crippen molar-refractivity contribution in [2.45, 2.75) is 65.0 Å². The van der Waals surface area contributed by atoms with Crippen molar-refractivity contribution < 1.29 is 0 Å². The lowest BCUT2D eigenvalue weighted by atomic mass is 9.91. The summed E-state index contributed by atoms with van der Waals surface area (Å²) in [5.41, 5.74) is 10.9. The summed E-state index contributed by atoms with van der Waals surface area (Å²) in [5.74, 6) is 0.837. The van der Waals surface area contributed by atoms with Crippen molar-refractivity contribution in [1.29, 1.82) is 0 Å². The number of fused-ring (bicyclic) bond motifs is 1. The predicted molar refractivity (Wildman–Crippen MR) is 153 cm³/mol. The molecule has 1 aliphatic rings. The van der Waals surface area contributed by atoms with Gasteiger partial charge in [0.2, 0.25) is 0 Å². The summed E-state index contributed by atoms with van der Waals surface area (Å²) in [6.07, 6.45) is 1.06. The van der Waals surface area contributed by atoms with Crippen molar-refractivity contribution in [3.8, 4) is 11.3 Å². The molecule has 0 bridgehead atoms. The van der Waals surface area contributed by atoms with E-state index in [2.05, 4.69) is 130 Å². The molecule has 4 aromatic rings. The summed E-state index contributed by atoms with van der Waals surface area (Å²) in [6, 6.07) is 30.8. The van der Waals surface area contributed by atoms with Gasteiger partial charge in [-0.3, -0.25) is 4.98 Å². The molecule has 1 aromatic heterocycles. The highest BCUT2D eigenvalue weighted by molar-refractivity contribution is 5.80. The van der Waals surface area contributed by atoms with E-state index in [-0.39, 0.29) is 6.04 Å². The molecule has 3 heteroatoms. The maximum absolute atomic E-state index is 5.26. The van der Waals surface area contributed by atoms with Gasteiger partial charge in [0.05, 0.1) is 17.4 Å². The van der Waals surface area contributed by atoms with Crippen molar-refractivity contribution in [3.63, 3.8) is 0 Å².